The number of amides is 3. The number of carbonyl (C=O) groups is 3. The van der Waals surface area contributed by atoms with Crippen molar-refractivity contribution in [3.8, 4) is 0 Å². The van der Waals surface area contributed by atoms with Crippen LogP contribution in [0, 0.1) is 0 Å². The van der Waals surface area contributed by atoms with Crippen LogP contribution in [0.1, 0.15) is 39.1 Å². The fourth-order valence-electron chi connectivity index (χ4n) is 3.02. The van der Waals surface area contributed by atoms with Crippen molar-refractivity contribution in [3.05, 3.63) is 29.7 Å². The number of carbonyl (C=O) groups excluding carboxylic acids is 3. The molecule has 2 aromatic rings. The first kappa shape index (κ1) is 21.1. The van der Waals surface area contributed by atoms with Gasteiger partial charge in [0.15, 0.2) is 5.82 Å². The molecule has 0 saturated heterocycles. The van der Waals surface area contributed by atoms with E-state index in [1.807, 2.05) is 0 Å². The first-order valence-corrected chi connectivity index (χ1v) is 9.42. The third-order valence-corrected chi connectivity index (χ3v) is 4.27. The van der Waals surface area contributed by atoms with E-state index in [2.05, 4.69) is 36.2 Å². The Labute approximate surface area is 172 Å². The highest BCUT2D eigenvalue weighted by Gasteiger charge is 2.41. The molecule has 30 heavy (non-hydrogen) atoms. The Morgan fingerprint density at radius 3 is 2.80 bits per heavy atom. The topological polar surface area (TPSA) is 155 Å². The lowest BCUT2D eigenvalue weighted by atomic mass is 10.1. The zero-order valence-corrected chi connectivity index (χ0v) is 17.2. The molecule has 2 atom stereocenters. The molecule has 0 unspecified atom stereocenters. The maximum Gasteiger partial charge on any atom is 0.408 e. The number of ether oxygens (including phenoxy) is 1. The zero-order valence-electron chi connectivity index (χ0n) is 17.2. The molecule has 0 aliphatic carbocycles. The van der Waals surface area contributed by atoms with Gasteiger partial charge in [-0.15, -0.1) is 10.2 Å². The number of H-pyrrole nitrogens is 1. The second-order valence-electron chi connectivity index (χ2n) is 7.83. The summed E-state index contributed by atoms with van der Waals surface area (Å²) in [6, 6.07) is 1.79. The zero-order chi connectivity index (χ0) is 21.9. The third kappa shape index (κ3) is 4.88. The predicted octanol–water partition coefficient (Wildman–Crippen LogP) is 0.0820. The average Bonchev–Trinajstić information content (AvgIpc) is 3.31. The minimum absolute atomic E-state index is 0.0589. The third-order valence-electron chi connectivity index (χ3n) is 4.27. The number of nitrogens with one attached hydrogen (secondary N) is 3. The van der Waals surface area contributed by atoms with Crippen molar-refractivity contribution >= 4 is 23.7 Å². The maximum absolute atomic E-state index is 13.2. The van der Waals surface area contributed by atoms with E-state index in [1.165, 1.54) is 11.8 Å². The van der Waals surface area contributed by atoms with E-state index >= 15 is 0 Å². The molecule has 3 amide bonds. The molecule has 0 bridgehead atoms. The molecule has 2 aromatic heterocycles. The van der Waals surface area contributed by atoms with Gasteiger partial charge in [-0.3, -0.25) is 14.5 Å². The molecule has 160 valence electrons. The molecular weight excluding hydrogens is 392 g/mol. The van der Waals surface area contributed by atoms with E-state index in [4.69, 9.17) is 4.74 Å². The lowest BCUT2D eigenvalue weighted by Crippen LogP contribution is -2.54. The van der Waals surface area contributed by atoms with Gasteiger partial charge in [-0.1, -0.05) is 11.3 Å². The van der Waals surface area contributed by atoms with Gasteiger partial charge in [0.25, 0.3) is 5.91 Å². The van der Waals surface area contributed by atoms with Crippen LogP contribution in [0.2, 0.25) is 0 Å². The Morgan fingerprint density at radius 2 is 2.13 bits per heavy atom. The fourth-order valence-corrected chi connectivity index (χ4v) is 3.02. The molecule has 12 heteroatoms. The SMILES string of the molecule is C[C@@H](NC(=O)OC(C)(C)C)C(=O)N1c2ncccc2C[C@H]1C(=O)NCc1nn[nH]n1. The number of hydrogen-bond donors (Lipinski definition) is 3. The predicted molar refractivity (Wildman–Crippen MR) is 104 cm³/mol. The van der Waals surface area contributed by atoms with Crippen LogP contribution >= 0.6 is 0 Å². The minimum atomic E-state index is -0.930. The smallest absolute Gasteiger partial charge is 0.408 e. The Morgan fingerprint density at radius 1 is 1.37 bits per heavy atom. The molecule has 0 saturated carbocycles. The second kappa shape index (κ2) is 8.43. The lowest BCUT2D eigenvalue weighted by Gasteiger charge is -2.27. The number of aromatic amines is 1. The van der Waals surface area contributed by atoms with Gasteiger partial charge in [0.1, 0.15) is 23.5 Å². The summed E-state index contributed by atoms with van der Waals surface area (Å²) in [6.45, 7) is 6.77. The van der Waals surface area contributed by atoms with Gasteiger partial charge in [0.05, 0.1) is 6.54 Å². The van der Waals surface area contributed by atoms with E-state index in [0.717, 1.165) is 5.56 Å². The van der Waals surface area contributed by atoms with Gasteiger partial charge >= 0.3 is 6.09 Å². The van der Waals surface area contributed by atoms with Crippen LogP contribution < -0.4 is 15.5 Å². The molecular formula is C18H24N8O4. The van der Waals surface area contributed by atoms with Crippen LogP contribution in [-0.4, -0.2) is 61.2 Å². The first-order chi connectivity index (χ1) is 14.2. The van der Waals surface area contributed by atoms with Crippen LogP contribution in [-0.2, 0) is 27.3 Å². The average molecular weight is 416 g/mol. The van der Waals surface area contributed by atoms with Gasteiger partial charge in [0.2, 0.25) is 5.91 Å². The number of aromatic nitrogens is 5. The van der Waals surface area contributed by atoms with Gasteiger partial charge in [-0.05, 0) is 39.3 Å². The number of anilines is 1. The van der Waals surface area contributed by atoms with E-state index in [1.54, 1.807) is 39.1 Å². The Hall–Kier alpha value is -3.57. The standard InChI is InChI=1S/C18H24N8O4/c1-10(21-17(29)30-18(2,3)4)16(28)26-12(8-11-6-5-7-19-14(11)26)15(27)20-9-13-22-24-25-23-13/h5-7,10,12H,8-9H2,1-4H3,(H,20,27)(H,21,29)(H,22,23,24,25)/t10-,12+/m1/s1. The van der Waals surface area contributed by atoms with Crippen LogP contribution in [0.4, 0.5) is 10.6 Å². The summed E-state index contributed by atoms with van der Waals surface area (Å²) in [5, 5.41) is 18.5. The van der Waals surface area contributed by atoms with Crippen molar-refractivity contribution in [1.29, 1.82) is 0 Å². The van der Waals surface area contributed by atoms with Crippen molar-refractivity contribution in [3.63, 3.8) is 0 Å². The number of tetrazole rings is 1. The molecule has 0 aromatic carbocycles. The molecule has 3 rings (SSSR count). The van der Waals surface area contributed by atoms with E-state index < -0.39 is 35.6 Å². The summed E-state index contributed by atoms with van der Waals surface area (Å²) >= 11 is 0. The van der Waals surface area contributed by atoms with Crippen molar-refractivity contribution < 1.29 is 19.1 Å². The Balaban J connectivity index is 1.74. The number of pyridine rings is 1. The van der Waals surface area contributed by atoms with E-state index in [9.17, 15) is 14.4 Å². The summed E-state index contributed by atoms with van der Waals surface area (Å²) in [7, 11) is 0. The quantitative estimate of drug-likeness (QED) is 0.619. The highest BCUT2D eigenvalue weighted by molar-refractivity contribution is 6.05. The maximum atomic E-state index is 13.2. The van der Waals surface area contributed by atoms with Crippen LogP contribution in [0.3, 0.4) is 0 Å². The molecule has 0 spiro atoms. The van der Waals surface area contributed by atoms with Crippen molar-refractivity contribution in [2.75, 3.05) is 4.90 Å². The Bertz CT molecular complexity index is 925. The summed E-state index contributed by atoms with van der Waals surface area (Å²) in [5.41, 5.74) is 0.0571. The highest BCUT2D eigenvalue weighted by Crippen LogP contribution is 2.30. The van der Waals surface area contributed by atoms with Gasteiger partial charge in [-0.2, -0.15) is 5.21 Å². The van der Waals surface area contributed by atoms with E-state index in [-0.39, 0.29) is 6.54 Å². The molecule has 3 heterocycles. The van der Waals surface area contributed by atoms with Crippen molar-refractivity contribution in [2.45, 2.75) is 58.3 Å². The molecule has 0 fully saturated rings. The number of rotatable bonds is 5. The van der Waals surface area contributed by atoms with Gasteiger partial charge < -0.3 is 15.4 Å². The van der Waals surface area contributed by atoms with Crippen LogP contribution in [0.25, 0.3) is 0 Å². The first-order valence-electron chi connectivity index (χ1n) is 9.42. The lowest BCUT2D eigenvalue weighted by molar-refractivity contribution is -0.127. The normalized spacial score (nSPS) is 16.5. The van der Waals surface area contributed by atoms with E-state index in [0.29, 0.717) is 18.1 Å². The highest BCUT2D eigenvalue weighted by atomic mass is 16.6. The monoisotopic (exact) mass is 416 g/mol. The minimum Gasteiger partial charge on any atom is -0.444 e. The number of hydrogen-bond acceptors (Lipinski definition) is 8. The summed E-state index contributed by atoms with van der Waals surface area (Å²) < 4.78 is 5.21. The van der Waals surface area contributed by atoms with Crippen molar-refractivity contribution in [1.82, 2.24) is 36.2 Å². The largest absolute Gasteiger partial charge is 0.444 e. The fraction of sp³-hybridized carbons (Fsp3) is 0.500. The Kier molecular flexibility index (Phi) is 5.94. The molecule has 0 radical (unpaired) electrons. The van der Waals surface area contributed by atoms with Gasteiger partial charge in [-0.25, -0.2) is 9.78 Å². The molecule has 12 nitrogen and oxygen atoms in total. The molecule has 1 aliphatic rings. The van der Waals surface area contributed by atoms with Crippen LogP contribution in [0.5, 0.6) is 0 Å². The van der Waals surface area contributed by atoms with Crippen LogP contribution in [0.15, 0.2) is 18.3 Å². The van der Waals surface area contributed by atoms with Crippen molar-refractivity contribution in [2.24, 2.45) is 0 Å². The number of fused-ring (bicyclic) bond motifs is 1. The summed E-state index contributed by atoms with van der Waals surface area (Å²) in [4.78, 5) is 43.6. The summed E-state index contributed by atoms with van der Waals surface area (Å²) in [5.74, 6) is -0.163. The molecule has 1 aliphatic heterocycles. The second-order valence-corrected chi connectivity index (χ2v) is 7.83. The number of alkyl carbamates (subject to hydrolysis) is 1. The van der Waals surface area contributed by atoms with Gasteiger partial charge in [0, 0.05) is 12.6 Å². The number of nitrogens with zero attached hydrogens (tertiary/aromatic N) is 5. The summed E-state index contributed by atoms with van der Waals surface area (Å²) in [6.07, 6.45) is 1.12. The molecule has 3 N–H and O–H groups in total.